The summed E-state index contributed by atoms with van der Waals surface area (Å²) in [6.07, 6.45) is 0.891. The van der Waals surface area contributed by atoms with E-state index in [2.05, 4.69) is 20.2 Å². The van der Waals surface area contributed by atoms with Crippen molar-refractivity contribution in [2.45, 2.75) is 32.1 Å². The Morgan fingerprint density at radius 3 is 2.70 bits per heavy atom. The smallest absolute Gasteiger partial charge is 0.314 e. The van der Waals surface area contributed by atoms with E-state index in [1.54, 1.807) is 0 Å². The molecule has 1 saturated carbocycles. The topological polar surface area (TPSA) is 90.7 Å². The van der Waals surface area contributed by atoms with E-state index >= 15 is 0 Å². The monoisotopic (exact) mass is 281 g/mol. The Labute approximate surface area is 113 Å². The number of rotatable bonds is 4. The van der Waals surface area contributed by atoms with E-state index in [1.807, 2.05) is 6.92 Å². The van der Waals surface area contributed by atoms with E-state index in [0.717, 1.165) is 12.8 Å². The third-order valence-corrected chi connectivity index (χ3v) is 3.46. The molecule has 0 aliphatic heterocycles. The van der Waals surface area contributed by atoms with Crippen LogP contribution in [0.5, 0.6) is 0 Å². The Kier molecular flexibility index (Phi) is 3.07. The summed E-state index contributed by atoms with van der Waals surface area (Å²) in [5, 5.41) is 6.96. The molecule has 6 nitrogen and oxygen atoms in total. The molecule has 3 rings (SSSR count). The van der Waals surface area contributed by atoms with Crippen LogP contribution < -0.4 is 5.73 Å². The highest BCUT2D eigenvalue weighted by Crippen LogP contribution is 2.44. The number of aromatic nitrogens is 4. The van der Waals surface area contributed by atoms with Crippen molar-refractivity contribution in [3.8, 4) is 11.5 Å². The molecule has 20 heavy (non-hydrogen) atoms. The molecule has 1 fully saturated rings. The number of hydrogen-bond donors (Lipinski definition) is 1. The highest BCUT2D eigenvalue weighted by atomic mass is 19.3. The molecule has 2 aromatic rings. The summed E-state index contributed by atoms with van der Waals surface area (Å²) in [4.78, 5) is 8.10. The van der Waals surface area contributed by atoms with Crippen LogP contribution in [0.4, 0.5) is 14.7 Å². The van der Waals surface area contributed by atoms with Crippen molar-refractivity contribution >= 4 is 5.95 Å². The first-order valence-electron chi connectivity index (χ1n) is 6.30. The third kappa shape index (κ3) is 2.33. The van der Waals surface area contributed by atoms with Gasteiger partial charge in [0, 0.05) is 12.1 Å². The summed E-state index contributed by atoms with van der Waals surface area (Å²) in [5.41, 5.74) is 6.75. The van der Waals surface area contributed by atoms with Gasteiger partial charge in [-0.15, -0.1) is 10.2 Å². The summed E-state index contributed by atoms with van der Waals surface area (Å²) in [6, 6.07) is 0. The number of nitrogens with zero attached hydrogens (tertiary/aromatic N) is 4. The predicted octanol–water partition coefficient (Wildman–Crippen LogP) is 2.56. The van der Waals surface area contributed by atoms with Crippen molar-refractivity contribution in [3.05, 3.63) is 17.8 Å². The van der Waals surface area contributed by atoms with Gasteiger partial charge in [-0.05, 0) is 18.8 Å². The van der Waals surface area contributed by atoms with Crippen molar-refractivity contribution in [1.82, 2.24) is 20.2 Å². The highest BCUT2D eigenvalue weighted by Gasteiger charge is 2.33. The van der Waals surface area contributed by atoms with Crippen molar-refractivity contribution in [2.75, 3.05) is 5.73 Å². The molecule has 0 saturated heterocycles. The summed E-state index contributed by atoms with van der Waals surface area (Å²) in [7, 11) is 0. The van der Waals surface area contributed by atoms with Gasteiger partial charge in [0.15, 0.2) is 0 Å². The first-order valence-corrected chi connectivity index (χ1v) is 6.30. The van der Waals surface area contributed by atoms with Crippen LogP contribution in [0.3, 0.4) is 0 Å². The Balaban J connectivity index is 2.02. The van der Waals surface area contributed by atoms with E-state index < -0.39 is 12.3 Å². The number of nitrogen functional groups attached to an aromatic ring is 1. The van der Waals surface area contributed by atoms with Crippen molar-refractivity contribution in [2.24, 2.45) is 5.92 Å². The lowest BCUT2D eigenvalue weighted by atomic mass is 9.98. The molecule has 0 amide bonds. The minimum absolute atomic E-state index is 0.00259. The Morgan fingerprint density at radius 2 is 2.10 bits per heavy atom. The van der Waals surface area contributed by atoms with Gasteiger partial charge in [-0.2, -0.15) is 8.78 Å². The summed E-state index contributed by atoms with van der Waals surface area (Å²) >= 11 is 0. The summed E-state index contributed by atoms with van der Waals surface area (Å²) < 4.78 is 30.0. The van der Waals surface area contributed by atoms with Crippen LogP contribution in [0, 0.1) is 5.92 Å². The van der Waals surface area contributed by atoms with Gasteiger partial charge in [-0.3, -0.25) is 0 Å². The highest BCUT2D eigenvalue weighted by molar-refractivity contribution is 5.57. The molecule has 1 aliphatic carbocycles. The normalized spacial score (nSPS) is 16.6. The van der Waals surface area contributed by atoms with Crippen molar-refractivity contribution in [1.29, 1.82) is 0 Å². The van der Waals surface area contributed by atoms with Crippen molar-refractivity contribution in [3.63, 3.8) is 0 Å². The van der Waals surface area contributed by atoms with Crippen molar-refractivity contribution < 1.29 is 13.2 Å². The lowest BCUT2D eigenvalue weighted by Gasteiger charge is -2.12. The van der Waals surface area contributed by atoms with Crippen LogP contribution in [0.15, 0.2) is 10.6 Å². The zero-order valence-electron chi connectivity index (χ0n) is 10.8. The zero-order chi connectivity index (χ0) is 14.3. The predicted molar refractivity (Wildman–Crippen MR) is 65.8 cm³/mol. The van der Waals surface area contributed by atoms with E-state index in [0.29, 0.717) is 17.2 Å². The maximum Gasteiger partial charge on any atom is 0.314 e. The quantitative estimate of drug-likeness (QED) is 0.926. The molecule has 8 heteroatoms. The SMILES string of the molecule is CC(c1nc(N)ncc1-c1nnc(C(F)F)o1)C1CC1. The molecule has 1 atom stereocenters. The van der Waals surface area contributed by atoms with Crippen LogP contribution in [-0.4, -0.2) is 20.2 Å². The second-order valence-corrected chi connectivity index (χ2v) is 4.90. The molecule has 1 aliphatic rings. The minimum Gasteiger partial charge on any atom is -0.415 e. The molecule has 0 radical (unpaired) electrons. The van der Waals surface area contributed by atoms with Crippen LogP contribution in [0.1, 0.15) is 43.7 Å². The van der Waals surface area contributed by atoms with E-state index in [-0.39, 0.29) is 17.8 Å². The standard InChI is InChI=1S/C12H13F2N5O/c1-5(6-2-3-6)8-7(4-16-12(15)17-8)10-18-19-11(20-10)9(13)14/h4-6,9H,2-3H2,1H3,(H2,15,16,17). The van der Waals surface area contributed by atoms with Gasteiger partial charge in [-0.1, -0.05) is 6.92 Å². The van der Waals surface area contributed by atoms with E-state index in [1.165, 1.54) is 6.20 Å². The number of halogens is 2. The Morgan fingerprint density at radius 1 is 1.35 bits per heavy atom. The average molecular weight is 281 g/mol. The fourth-order valence-corrected chi connectivity index (χ4v) is 2.17. The third-order valence-electron chi connectivity index (χ3n) is 3.46. The van der Waals surface area contributed by atoms with Gasteiger partial charge in [0.2, 0.25) is 5.95 Å². The second-order valence-electron chi connectivity index (χ2n) is 4.90. The Bertz CT molecular complexity index is 626. The number of nitrogens with two attached hydrogens (primary N) is 1. The summed E-state index contributed by atoms with van der Waals surface area (Å²) in [6.45, 7) is 2.02. The number of alkyl halides is 2. The van der Waals surface area contributed by atoms with Crippen LogP contribution in [-0.2, 0) is 0 Å². The molecule has 1 unspecified atom stereocenters. The average Bonchev–Trinajstić information content (AvgIpc) is 3.15. The largest absolute Gasteiger partial charge is 0.415 e. The minimum atomic E-state index is -2.80. The van der Waals surface area contributed by atoms with Gasteiger partial charge in [0.1, 0.15) is 0 Å². The lowest BCUT2D eigenvalue weighted by Crippen LogP contribution is -2.06. The maximum atomic E-state index is 12.5. The fraction of sp³-hybridized carbons (Fsp3) is 0.500. The molecule has 0 spiro atoms. The first-order chi connectivity index (χ1) is 9.56. The van der Waals surface area contributed by atoms with E-state index in [4.69, 9.17) is 10.2 Å². The van der Waals surface area contributed by atoms with Crippen LogP contribution >= 0.6 is 0 Å². The van der Waals surface area contributed by atoms with Gasteiger partial charge >= 0.3 is 6.43 Å². The molecule has 0 aromatic carbocycles. The molecular formula is C12H13F2N5O. The number of anilines is 1. The van der Waals surface area contributed by atoms with Crippen LogP contribution in [0.2, 0.25) is 0 Å². The molecule has 2 aromatic heterocycles. The molecular weight excluding hydrogens is 268 g/mol. The van der Waals surface area contributed by atoms with Gasteiger partial charge in [0.25, 0.3) is 11.8 Å². The first kappa shape index (κ1) is 12.9. The van der Waals surface area contributed by atoms with Crippen LogP contribution in [0.25, 0.3) is 11.5 Å². The van der Waals surface area contributed by atoms with Gasteiger partial charge < -0.3 is 10.2 Å². The fourth-order valence-electron chi connectivity index (χ4n) is 2.17. The molecule has 106 valence electrons. The summed E-state index contributed by atoms with van der Waals surface area (Å²) in [5.74, 6) is 0.118. The molecule has 2 N–H and O–H groups in total. The van der Waals surface area contributed by atoms with Gasteiger partial charge in [-0.25, -0.2) is 9.97 Å². The zero-order valence-corrected chi connectivity index (χ0v) is 10.8. The molecule has 0 bridgehead atoms. The second kappa shape index (κ2) is 4.77. The van der Waals surface area contributed by atoms with E-state index in [9.17, 15) is 8.78 Å². The maximum absolute atomic E-state index is 12.5. The molecule has 2 heterocycles. The lowest BCUT2D eigenvalue weighted by molar-refractivity contribution is 0.116. The number of hydrogen-bond acceptors (Lipinski definition) is 6. The Hall–Kier alpha value is -2.12. The van der Waals surface area contributed by atoms with Gasteiger partial charge in [0.05, 0.1) is 11.3 Å².